The molecule has 2 aromatic carbocycles. The molecule has 0 radical (unpaired) electrons. The van der Waals surface area contributed by atoms with Crippen LogP contribution in [0, 0.1) is 17.0 Å². The summed E-state index contributed by atoms with van der Waals surface area (Å²) in [6, 6.07) is 11.3. The number of hydrogen-bond acceptors (Lipinski definition) is 5. The van der Waals surface area contributed by atoms with E-state index < -0.39 is 11.0 Å². The Balaban J connectivity index is 1.74. The van der Waals surface area contributed by atoms with Crippen LogP contribution in [-0.2, 0) is 11.3 Å². The van der Waals surface area contributed by atoms with Crippen molar-refractivity contribution in [2.24, 2.45) is 0 Å². The van der Waals surface area contributed by atoms with Crippen LogP contribution in [0.4, 0.5) is 5.69 Å². The highest BCUT2D eigenvalue weighted by atomic mass is 16.6. The van der Waals surface area contributed by atoms with Crippen molar-refractivity contribution in [2.45, 2.75) is 32.4 Å². The van der Waals surface area contributed by atoms with Gasteiger partial charge in [0, 0.05) is 37.3 Å². The van der Waals surface area contributed by atoms with Gasteiger partial charge in [0.15, 0.2) is 0 Å². The van der Waals surface area contributed by atoms with Crippen molar-refractivity contribution in [3.8, 4) is 5.75 Å². The third-order valence-corrected chi connectivity index (χ3v) is 5.37. The van der Waals surface area contributed by atoms with Crippen LogP contribution in [0.1, 0.15) is 34.3 Å². The number of nitro benzene ring substituents is 1. The van der Waals surface area contributed by atoms with E-state index in [1.165, 1.54) is 18.2 Å². The second-order valence-electron chi connectivity index (χ2n) is 7.46. The number of carbonyl (C=O) groups is 2. The smallest absolute Gasteiger partial charge is 0.272 e. The van der Waals surface area contributed by atoms with Crippen molar-refractivity contribution >= 4 is 17.5 Å². The highest BCUT2D eigenvalue weighted by Crippen LogP contribution is 2.25. The van der Waals surface area contributed by atoms with Crippen LogP contribution in [0.25, 0.3) is 0 Å². The van der Waals surface area contributed by atoms with Gasteiger partial charge in [-0.2, -0.15) is 0 Å². The zero-order chi connectivity index (χ0) is 21.8. The number of nitro groups is 1. The molecule has 0 bridgehead atoms. The van der Waals surface area contributed by atoms with Gasteiger partial charge in [-0.1, -0.05) is 12.1 Å². The molecule has 8 nitrogen and oxygen atoms in total. The minimum Gasteiger partial charge on any atom is -0.497 e. The van der Waals surface area contributed by atoms with Gasteiger partial charge in [0.25, 0.3) is 11.6 Å². The predicted molar refractivity (Wildman–Crippen MR) is 111 cm³/mol. The van der Waals surface area contributed by atoms with E-state index in [4.69, 9.17) is 4.74 Å². The fraction of sp³-hybridized carbons (Fsp3) is 0.364. The van der Waals surface area contributed by atoms with Gasteiger partial charge in [0.2, 0.25) is 5.91 Å². The molecule has 1 atom stereocenters. The molecule has 158 valence electrons. The molecule has 1 fully saturated rings. The Morgan fingerprint density at radius 1 is 1.27 bits per heavy atom. The van der Waals surface area contributed by atoms with Gasteiger partial charge in [-0.05, 0) is 49.6 Å². The Morgan fingerprint density at radius 2 is 2.03 bits per heavy atom. The average Bonchev–Trinajstić information content (AvgIpc) is 3.22. The standard InChI is InChI=1S/C22H25N3O5/c1-15-12-17(9-10-19(15)25(28)29)21(26)24-11-5-8-20(24)22(27)23(2)14-16-6-4-7-18(13-16)30-3/h4,6-7,9-10,12-13,20H,5,8,11,14H2,1-3H3. The van der Waals surface area contributed by atoms with Crippen LogP contribution in [0.3, 0.4) is 0 Å². The zero-order valence-corrected chi connectivity index (χ0v) is 17.3. The van der Waals surface area contributed by atoms with Crippen LogP contribution in [-0.4, -0.2) is 53.3 Å². The number of ether oxygens (including phenoxy) is 1. The Kier molecular flexibility index (Phi) is 6.34. The molecular weight excluding hydrogens is 386 g/mol. The Labute approximate surface area is 175 Å². The zero-order valence-electron chi connectivity index (χ0n) is 17.3. The van der Waals surface area contributed by atoms with Gasteiger partial charge >= 0.3 is 0 Å². The number of aryl methyl sites for hydroxylation is 1. The molecule has 30 heavy (non-hydrogen) atoms. The lowest BCUT2D eigenvalue weighted by Crippen LogP contribution is -2.46. The summed E-state index contributed by atoms with van der Waals surface area (Å²) in [4.78, 5) is 39.8. The van der Waals surface area contributed by atoms with Crippen LogP contribution in [0.5, 0.6) is 5.75 Å². The molecule has 0 aromatic heterocycles. The summed E-state index contributed by atoms with van der Waals surface area (Å²) in [5.41, 5.74) is 1.68. The van der Waals surface area contributed by atoms with E-state index in [0.717, 1.165) is 17.7 Å². The summed E-state index contributed by atoms with van der Waals surface area (Å²) in [5.74, 6) is 0.320. The molecule has 3 rings (SSSR count). The van der Waals surface area contributed by atoms with E-state index in [0.29, 0.717) is 30.6 Å². The predicted octanol–water partition coefficient (Wildman–Crippen LogP) is 3.18. The first-order chi connectivity index (χ1) is 14.3. The maximum Gasteiger partial charge on any atom is 0.272 e. The van der Waals surface area contributed by atoms with Crippen LogP contribution in [0.15, 0.2) is 42.5 Å². The lowest BCUT2D eigenvalue weighted by atomic mass is 10.1. The SMILES string of the molecule is COc1cccc(CN(C)C(=O)C2CCCN2C(=O)c2ccc([N+](=O)[O-])c(C)c2)c1. The topological polar surface area (TPSA) is 93.0 Å². The van der Waals surface area contributed by atoms with Gasteiger partial charge in [-0.3, -0.25) is 19.7 Å². The number of benzene rings is 2. The highest BCUT2D eigenvalue weighted by molar-refractivity contribution is 5.98. The van der Waals surface area contributed by atoms with Crippen molar-refractivity contribution in [2.75, 3.05) is 20.7 Å². The second-order valence-corrected chi connectivity index (χ2v) is 7.46. The van der Waals surface area contributed by atoms with E-state index in [1.807, 2.05) is 24.3 Å². The van der Waals surface area contributed by atoms with E-state index in [9.17, 15) is 19.7 Å². The number of hydrogen-bond donors (Lipinski definition) is 0. The minimum absolute atomic E-state index is 0.0291. The molecule has 1 aliphatic rings. The number of carbonyl (C=O) groups excluding carboxylic acids is 2. The fourth-order valence-corrected chi connectivity index (χ4v) is 3.80. The number of nitrogens with zero attached hydrogens (tertiary/aromatic N) is 3. The van der Waals surface area contributed by atoms with E-state index in [1.54, 1.807) is 30.9 Å². The first-order valence-electron chi connectivity index (χ1n) is 9.75. The van der Waals surface area contributed by atoms with Crippen molar-refractivity contribution in [3.05, 3.63) is 69.3 Å². The van der Waals surface area contributed by atoms with Crippen LogP contribution >= 0.6 is 0 Å². The lowest BCUT2D eigenvalue weighted by Gasteiger charge is -2.28. The summed E-state index contributed by atoms with van der Waals surface area (Å²) in [6.45, 7) is 2.49. The average molecular weight is 411 g/mol. The Morgan fingerprint density at radius 3 is 2.70 bits per heavy atom. The normalized spacial score (nSPS) is 15.7. The Hall–Kier alpha value is -3.42. The van der Waals surface area contributed by atoms with Gasteiger partial charge in [0.1, 0.15) is 11.8 Å². The quantitative estimate of drug-likeness (QED) is 0.538. The van der Waals surface area contributed by atoms with E-state index >= 15 is 0 Å². The largest absolute Gasteiger partial charge is 0.497 e. The van der Waals surface area contributed by atoms with Crippen molar-refractivity contribution in [3.63, 3.8) is 0 Å². The number of rotatable bonds is 6. The van der Waals surface area contributed by atoms with Gasteiger partial charge < -0.3 is 14.5 Å². The molecule has 2 aromatic rings. The molecule has 1 saturated heterocycles. The number of methoxy groups -OCH3 is 1. The third kappa shape index (κ3) is 4.42. The third-order valence-electron chi connectivity index (χ3n) is 5.37. The van der Waals surface area contributed by atoms with Gasteiger partial charge in [-0.25, -0.2) is 0 Å². The first-order valence-corrected chi connectivity index (χ1v) is 9.75. The minimum atomic E-state index is -0.538. The molecule has 8 heteroatoms. The molecule has 2 amide bonds. The molecule has 0 aliphatic carbocycles. The molecule has 0 N–H and O–H groups in total. The molecule has 1 unspecified atom stereocenters. The molecule has 0 spiro atoms. The van der Waals surface area contributed by atoms with Crippen molar-refractivity contribution < 1.29 is 19.2 Å². The maximum absolute atomic E-state index is 13.1. The maximum atomic E-state index is 13.1. The van der Waals surface area contributed by atoms with Gasteiger partial charge in [0.05, 0.1) is 12.0 Å². The van der Waals surface area contributed by atoms with E-state index in [2.05, 4.69) is 0 Å². The number of likely N-dealkylation sites (tertiary alicyclic amines) is 1. The monoisotopic (exact) mass is 411 g/mol. The van der Waals surface area contributed by atoms with Crippen molar-refractivity contribution in [1.82, 2.24) is 9.80 Å². The Bertz CT molecular complexity index is 975. The fourth-order valence-electron chi connectivity index (χ4n) is 3.80. The number of amides is 2. The molecule has 1 heterocycles. The lowest BCUT2D eigenvalue weighted by molar-refractivity contribution is -0.385. The number of likely N-dealkylation sites (N-methyl/N-ethyl adjacent to an activating group) is 1. The highest BCUT2D eigenvalue weighted by Gasteiger charge is 2.36. The summed E-state index contributed by atoms with van der Waals surface area (Å²) in [6.07, 6.45) is 1.33. The first kappa shape index (κ1) is 21.3. The molecular formula is C22H25N3O5. The van der Waals surface area contributed by atoms with Crippen LogP contribution in [0.2, 0.25) is 0 Å². The summed E-state index contributed by atoms with van der Waals surface area (Å²) >= 11 is 0. The molecule has 1 aliphatic heterocycles. The van der Waals surface area contributed by atoms with Gasteiger partial charge in [-0.15, -0.1) is 0 Å². The summed E-state index contributed by atoms with van der Waals surface area (Å²) < 4.78 is 5.23. The van der Waals surface area contributed by atoms with E-state index in [-0.39, 0.29) is 17.5 Å². The molecule has 0 saturated carbocycles. The second kappa shape index (κ2) is 8.94. The summed E-state index contributed by atoms with van der Waals surface area (Å²) in [7, 11) is 3.31. The summed E-state index contributed by atoms with van der Waals surface area (Å²) in [5, 5.41) is 11.0. The van der Waals surface area contributed by atoms with Crippen LogP contribution < -0.4 is 4.74 Å². The van der Waals surface area contributed by atoms with Crippen molar-refractivity contribution in [1.29, 1.82) is 0 Å².